The summed E-state index contributed by atoms with van der Waals surface area (Å²) in [5.41, 5.74) is 0. The smallest absolute Gasteiger partial charge is 0.295 e. The highest BCUT2D eigenvalue weighted by molar-refractivity contribution is 7.86. The number of unbranched alkanes of at least 4 members (excludes halogenated alkanes) is 9. The fourth-order valence-corrected chi connectivity index (χ4v) is 5.38. The van der Waals surface area contributed by atoms with Crippen molar-refractivity contribution in [3.05, 3.63) is 55.1 Å². The van der Waals surface area contributed by atoms with Crippen LogP contribution in [0.4, 0.5) is 0 Å². The van der Waals surface area contributed by atoms with E-state index in [9.17, 15) is 18.6 Å². The van der Waals surface area contributed by atoms with Gasteiger partial charge in [0.05, 0.1) is 26.3 Å². The van der Waals surface area contributed by atoms with Crippen LogP contribution in [0.1, 0.15) is 71.1 Å². The zero-order chi connectivity index (χ0) is 26.7. The van der Waals surface area contributed by atoms with Crippen LogP contribution < -0.4 is 0 Å². The first-order valence-corrected chi connectivity index (χ1v) is 14.9. The fourth-order valence-electron chi connectivity index (χ4n) is 4.66. The molecule has 0 saturated carbocycles. The standard InChI is InChI=1S/C19H40NO2.C10H8O3S/c1-3-5-6-7-8-9-10-11-12-13-15-20(14-4-2,16-18-21)17-19-22;11-14(12,13)10-7-3-5-8-4-1-2-6-9(8)10/h4,21-22H,2-3,5-19H2,1H3;1-7H,(H,11,12,13)/q+1;. The van der Waals surface area contributed by atoms with Gasteiger partial charge in [0.2, 0.25) is 0 Å². The Bertz CT molecular complexity index is 950. The van der Waals surface area contributed by atoms with Gasteiger partial charge in [-0.3, -0.25) is 4.55 Å². The van der Waals surface area contributed by atoms with Crippen LogP contribution in [0.25, 0.3) is 10.8 Å². The summed E-state index contributed by atoms with van der Waals surface area (Å²) in [5, 5.41) is 19.9. The van der Waals surface area contributed by atoms with Gasteiger partial charge in [-0.2, -0.15) is 8.42 Å². The van der Waals surface area contributed by atoms with Crippen LogP contribution in [-0.2, 0) is 10.1 Å². The van der Waals surface area contributed by atoms with Crippen LogP contribution in [0.5, 0.6) is 0 Å². The summed E-state index contributed by atoms with van der Waals surface area (Å²) in [5.74, 6) is 0. The molecule has 0 amide bonds. The lowest BCUT2D eigenvalue weighted by Crippen LogP contribution is -2.52. The number of nitrogens with zero attached hydrogens (tertiary/aromatic N) is 1. The van der Waals surface area contributed by atoms with E-state index < -0.39 is 10.1 Å². The summed E-state index contributed by atoms with van der Waals surface area (Å²) >= 11 is 0. The number of benzene rings is 2. The number of hydrogen-bond acceptors (Lipinski definition) is 4. The first-order chi connectivity index (χ1) is 17.3. The molecule has 0 aliphatic heterocycles. The molecule has 3 N–H and O–H groups in total. The number of hydrogen-bond donors (Lipinski definition) is 3. The number of aliphatic hydroxyl groups is 2. The summed E-state index contributed by atoms with van der Waals surface area (Å²) in [6.45, 7) is 9.81. The maximum atomic E-state index is 11.0. The third-order valence-corrected chi connectivity index (χ3v) is 7.59. The predicted octanol–water partition coefficient (Wildman–Crippen LogP) is 5.98. The molecule has 0 aliphatic carbocycles. The zero-order valence-electron chi connectivity index (χ0n) is 22.2. The molecular weight excluding hydrogens is 474 g/mol. The van der Waals surface area contributed by atoms with E-state index in [2.05, 4.69) is 13.5 Å². The van der Waals surface area contributed by atoms with Crippen molar-refractivity contribution in [3.8, 4) is 0 Å². The van der Waals surface area contributed by atoms with Gasteiger partial charge in [0.1, 0.15) is 18.0 Å². The van der Waals surface area contributed by atoms with Crippen molar-refractivity contribution in [1.82, 2.24) is 0 Å². The van der Waals surface area contributed by atoms with Crippen molar-refractivity contribution in [2.45, 2.75) is 76.0 Å². The van der Waals surface area contributed by atoms with Gasteiger partial charge >= 0.3 is 0 Å². The lowest BCUT2D eigenvalue weighted by atomic mass is 10.1. The predicted molar refractivity (Wildman–Crippen MR) is 150 cm³/mol. The lowest BCUT2D eigenvalue weighted by molar-refractivity contribution is -0.923. The summed E-state index contributed by atoms with van der Waals surface area (Å²) in [6.07, 6.45) is 15.3. The summed E-state index contributed by atoms with van der Waals surface area (Å²) in [6, 6.07) is 11.8. The van der Waals surface area contributed by atoms with E-state index in [0.29, 0.717) is 5.39 Å². The minimum absolute atomic E-state index is 0.0457. The molecule has 0 radical (unpaired) electrons. The molecule has 0 aliphatic rings. The molecule has 7 heteroatoms. The molecule has 0 bridgehead atoms. The van der Waals surface area contributed by atoms with Crippen LogP contribution >= 0.6 is 0 Å². The zero-order valence-corrected chi connectivity index (χ0v) is 23.0. The fraction of sp³-hybridized carbons (Fsp3) is 0.586. The van der Waals surface area contributed by atoms with E-state index in [4.69, 9.17) is 4.55 Å². The highest BCUT2D eigenvalue weighted by atomic mass is 32.2. The topological polar surface area (TPSA) is 94.8 Å². The van der Waals surface area contributed by atoms with Crippen LogP contribution in [0.3, 0.4) is 0 Å². The normalized spacial score (nSPS) is 11.8. The quantitative estimate of drug-likeness (QED) is 0.0969. The van der Waals surface area contributed by atoms with Gasteiger partial charge in [-0.1, -0.05) is 101 Å². The summed E-state index contributed by atoms with van der Waals surface area (Å²) in [4.78, 5) is -0.0457. The average Bonchev–Trinajstić information content (AvgIpc) is 2.85. The third kappa shape index (κ3) is 12.5. The maximum Gasteiger partial charge on any atom is 0.295 e. The molecule has 204 valence electrons. The Morgan fingerprint density at radius 3 is 1.83 bits per heavy atom. The van der Waals surface area contributed by atoms with Gasteiger partial charge in [-0.25, -0.2) is 0 Å². The van der Waals surface area contributed by atoms with E-state index in [1.165, 1.54) is 70.3 Å². The number of aliphatic hydroxyl groups excluding tert-OH is 2. The first kappa shape index (κ1) is 32.3. The first-order valence-electron chi connectivity index (χ1n) is 13.5. The van der Waals surface area contributed by atoms with Crippen molar-refractivity contribution in [3.63, 3.8) is 0 Å². The van der Waals surface area contributed by atoms with Gasteiger partial charge in [-0.15, -0.1) is 0 Å². The Hall–Kier alpha value is -1.77. The van der Waals surface area contributed by atoms with Gasteiger partial charge in [0.25, 0.3) is 10.1 Å². The van der Waals surface area contributed by atoms with Gasteiger partial charge < -0.3 is 14.7 Å². The second-order valence-electron chi connectivity index (χ2n) is 9.57. The third-order valence-electron chi connectivity index (χ3n) is 6.68. The van der Waals surface area contributed by atoms with Crippen LogP contribution in [-0.4, -0.2) is 67.1 Å². The number of rotatable bonds is 18. The molecule has 0 fully saturated rings. The molecule has 6 nitrogen and oxygen atoms in total. The Labute approximate surface area is 219 Å². The molecule has 0 atom stereocenters. The van der Waals surface area contributed by atoms with E-state index in [1.807, 2.05) is 12.1 Å². The average molecular weight is 523 g/mol. The van der Waals surface area contributed by atoms with Crippen molar-refractivity contribution in [2.24, 2.45) is 0 Å². The largest absolute Gasteiger partial charge is 0.391 e. The molecule has 0 heterocycles. The molecule has 0 unspecified atom stereocenters. The van der Waals surface area contributed by atoms with Gasteiger partial charge in [0.15, 0.2) is 0 Å². The van der Waals surface area contributed by atoms with Gasteiger partial charge in [-0.05, 0) is 30.4 Å². The van der Waals surface area contributed by atoms with E-state index in [-0.39, 0.29) is 18.1 Å². The monoisotopic (exact) mass is 522 g/mol. The molecule has 0 spiro atoms. The van der Waals surface area contributed by atoms with Crippen molar-refractivity contribution >= 4 is 20.9 Å². The second kappa shape index (κ2) is 18.5. The Morgan fingerprint density at radius 1 is 0.778 bits per heavy atom. The van der Waals surface area contributed by atoms with Crippen LogP contribution in [0, 0.1) is 0 Å². The Kier molecular flexibility index (Phi) is 16.6. The highest BCUT2D eigenvalue weighted by Gasteiger charge is 2.24. The van der Waals surface area contributed by atoms with Gasteiger partial charge in [0, 0.05) is 5.39 Å². The SMILES string of the molecule is C=CC[N+](CCO)(CCO)CCCCCCCCCCCC.O=S(=O)(O)c1cccc2ccccc12. The lowest BCUT2D eigenvalue weighted by Gasteiger charge is -2.37. The van der Waals surface area contributed by atoms with Crippen molar-refractivity contribution in [2.75, 3.05) is 39.4 Å². The molecule has 2 rings (SSSR count). The van der Waals surface area contributed by atoms with Crippen LogP contribution in [0.15, 0.2) is 60.0 Å². The Balaban J connectivity index is 0.000000393. The highest BCUT2D eigenvalue weighted by Crippen LogP contribution is 2.22. The minimum atomic E-state index is -4.13. The van der Waals surface area contributed by atoms with Crippen LogP contribution in [0.2, 0.25) is 0 Å². The van der Waals surface area contributed by atoms with E-state index >= 15 is 0 Å². The number of quaternary nitrogens is 1. The van der Waals surface area contributed by atoms with Crippen molar-refractivity contribution < 1.29 is 27.7 Å². The van der Waals surface area contributed by atoms with Crippen molar-refractivity contribution in [1.29, 1.82) is 0 Å². The molecular formula is C29H48NO5S+. The second-order valence-corrected chi connectivity index (χ2v) is 11.0. The molecule has 2 aromatic rings. The van der Waals surface area contributed by atoms with E-state index in [0.717, 1.165) is 36.0 Å². The Morgan fingerprint density at radius 2 is 1.31 bits per heavy atom. The molecule has 0 saturated heterocycles. The summed E-state index contributed by atoms with van der Waals surface area (Å²) < 4.78 is 31.7. The summed E-state index contributed by atoms with van der Waals surface area (Å²) in [7, 11) is -4.13. The molecule has 0 aromatic heterocycles. The molecule has 2 aromatic carbocycles. The minimum Gasteiger partial charge on any atom is -0.391 e. The van der Waals surface area contributed by atoms with E-state index in [1.54, 1.807) is 30.3 Å². The maximum absolute atomic E-state index is 11.0. The number of fused-ring (bicyclic) bond motifs is 1. The molecule has 36 heavy (non-hydrogen) atoms.